The van der Waals surface area contributed by atoms with Crippen LogP contribution < -0.4 is 21.1 Å². The molecule has 2 heterocycles. The van der Waals surface area contributed by atoms with Gasteiger partial charge in [0.1, 0.15) is 10.8 Å². The molecule has 4 atom stereocenters. The molecule has 1 amide bonds. The predicted octanol–water partition coefficient (Wildman–Crippen LogP) is 3.68. The molecule has 3 aliphatic rings. The van der Waals surface area contributed by atoms with Crippen LogP contribution in [0, 0.1) is 17.8 Å². The maximum Gasteiger partial charge on any atom is 0.229 e. The third kappa shape index (κ3) is 3.47. The molecule has 2 aliphatic carbocycles. The Labute approximate surface area is 180 Å². The number of aryl methyl sites for hydroxylation is 1. The molecule has 2 aromatic rings. The van der Waals surface area contributed by atoms with Crippen LogP contribution in [-0.2, 0) is 11.2 Å². The number of fused-ring (bicyclic) bond motifs is 3. The highest BCUT2D eigenvalue weighted by Gasteiger charge is 2.47. The van der Waals surface area contributed by atoms with Crippen LogP contribution >= 0.6 is 11.6 Å². The number of nitrogens with two attached hydrogens (primary N) is 1. The highest BCUT2D eigenvalue weighted by atomic mass is 35.5. The van der Waals surface area contributed by atoms with Gasteiger partial charge in [-0.15, -0.1) is 0 Å². The van der Waals surface area contributed by atoms with E-state index in [2.05, 4.69) is 38.8 Å². The number of aromatic nitrogens is 2. The number of rotatable bonds is 5. The van der Waals surface area contributed by atoms with Crippen molar-refractivity contribution >= 4 is 35.0 Å². The van der Waals surface area contributed by atoms with Crippen molar-refractivity contribution in [3.63, 3.8) is 0 Å². The highest BCUT2D eigenvalue weighted by Crippen LogP contribution is 2.45. The second-order valence-corrected chi connectivity index (χ2v) is 8.57. The Bertz CT molecular complexity index is 1010. The number of carbonyl (C=O) groups excluding carboxylic acids is 1. The van der Waals surface area contributed by atoms with Gasteiger partial charge in [-0.3, -0.25) is 4.79 Å². The lowest BCUT2D eigenvalue weighted by Gasteiger charge is -2.27. The molecule has 1 saturated carbocycles. The number of benzene rings is 1. The van der Waals surface area contributed by atoms with Gasteiger partial charge in [-0.2, -0.15) is 4.98 Å². The zero-order valence-corrected chi connectivity index (χ0v) is 17.2. The van der Waals surface area contributed by atoms with Crippen molar-refractivity contribution in [1.29, 1.82) is 0 Å². The minimum absolute atomic E-state index is 0.117. The summed E-state index contributed by atoms with van der Waals surface area (Å²) in [5, 5.41) is 7.03. The zero-order chi connectivity index (χ0) is 20.7. The molecule has 156 valence electrons. The van der Waals surface area contributed by atoms with Crippen LogP contribution in [0.2, 0.25) is 5.02 Å². The lowest BCUT2D eigenvalue weighted by molar-refractivity contribution is -0.122. The number of para-hydroxylation sites is 1. The summed E-state index contributed by atoms with van der Waals surface area (Å²) in [6.45, 7) is 0.701. The first-order valence-corrected chi connectivity index (χ1v) is 10.8. The van der Waals surface area contributed by atoms with E-state index in [9.17, 15) is 4.79 Å². The molecular weight excluding hydrogens is 402 g/mol. The number of nitrogens with one attached hydrogen (secondary N) is 2. The smallest absolute Gasteiger partial charge is 0.229 e. The van der Waals surface area contributed by atoms with Gasteiger partial charge in [-0.05, 0) is 49.1 Å². The molecule has 0 saturated heterocycles. The molecule has 1 aromatic heterocycles. The summed E-state index contributed by atoms with van der Waals surface area (Å²) in [6.07, 6.45) is 9.86. The van der Waals surface area contributed by atoms with E-state index in [1.165, 1.54) is 5.56 Å². The number of primary amides is 1. The number of nitrogens with zero attached hydrogens (tertiary/aromatic N) is 2. The van der Waals surface area contributed by atoms with Crippen LogP contribution in [0.3, 0.4) is 0 Å². The summed E-state index contributed by atoms with van der Waals surface area (Å²) in [7, 11) is 0. The third-order valence-electron chi connectivity index (χ3n) is 6.27. The predicted molar refractivity (Wildman–Crippen MR) is 116 cm³/mol. The van der Waals surface area contributed by atoms with E-state index >= 15 is 0 Å². The lowest BCUT2D eigenvalue weighted by Crippen LogP contribution is -2.41. The molecule has 1 aromatic carbocycles. The minimum atomic E-state index is -0.294. The number of halogens is 1. The van der Waals surface area contributed by atoms with E-state index < -0.39 is 0 Å². The molecule has 1 aliphatic heterocycles. The van der Waals surface area contributed by atoms with Crippen molar-refractivity contribution < 1.29 is 9.53 Å². The fraction of sp³-hybridized carbons (Fsp3) is 0.409. The maximum absolute atomic E-state index is 12.0. The van der Waals surface area contributed by atoms with Gasteiger partial charge < -0.3 is 21.1 Å². The number of carbonyl (C=O) groups is 1. The Balaban J connectivity index is 1.40. The van der Waals surface area contributed by atoms with Crippen LogP contribution in [0.25, 0.3) is 0 Å². The van der Waals surface area contributed by atoms with Crippen LogP contribution in [0.15, 0.2) is 36.5 Å². The van der Waals surface area contributed by atoms with Gasteiger partial charge in [0, 0.05) is 6.04 Å². The normalized spacial score (nSPS) is 26.6. The van der Waals surface area contributed by atoms with Crippen molar-refractivity contribution in [3.8, 4) is 5.75 Å². The van der Waals surface area contributed by atoms with Crippen molar-refractivity contribution in [2.45, 2.75) is 31.7 Å². The van der Waals surface area contributed by atoms with E-state index in [0.29, 0.717) is 23.4 Å². The summed E-state index contributed by atoms with van der Waals surface area (Å²) < 4.78 is 5.97. The van der Waals surface area contributed by atoms with Gasteiger partial charge in [0.25, 0.3) is 0 Å². The zero-order valence-electron chi connectivity index (χ0n) is 16.5. The van der Waals surface area contributed by atoms with Crippen molar-refractivity contribution in [3.05, 3.63) is 47.1 Å². The lowest BCUT2D eigenvalue weighted by atomic mass is 9.88. The third-order valence-corrected chi connectivity index (χ3v) is 6.54. The summed E-state index contributed by atoms with van der Waals surface area (Å²) >= 11 is 6.37. The molecule has 7 nitrogen and oxygen atoms in total. The van der Waals surface area contributed by atoms with Gasteiger partial charge >= 0.3 is 0 Å². The first kappa shape index (κ1) is 19.2. The van der Waals surface area contributed by atoms with E-state index in [-0.39, 0.29) is 29.7 Å². The van der Waals surface area contributed by atoms with Crippen molar-refractivity contribution in [2.24, 2.45) is 23.5 Å². The summed E-state index contributed by atoms with van der Waals surface area (Å²) in [5.74, 6) is 1.63. The number of ether oxygens (including phenoxy) is 1. The molecule has 0 radical (unpaired) electrons. The first-order valence-electron chi connectivity index (χ1n) is 10.4. The Hall–Kier alpha value is -2.80. The van der Waals surface area contributed by atoms with E-state index in [4.69, 9.17) is 22.1 Å². The van der Waals surface area contributed by atoms with E-state index in [1.807, 2.05) is 12.1 Å². The molecule has 4 N–H and O–H groups in total. The first-order chi connectivity index (χ1) is 14.6. The standard InChI is InChI=1S/C22H24ClN5O2/c23-15-11-25-22(26-16-6-3-5-12-4-1-2-9-30-19(12)16)28-21(15)27-18-14-8-7-13(10-14)17(18)20(24)29/h3,5-8,11,13-14,17-18H,1-2,4,9-10H2,(H2,24,29)(H2,25,26,27,28). The van der Waals surface area contributed by atoms with E-state index in [1.54, 1.807) is 6.20 Å². The Morgan fingerprint density at radius 2 is 2.10 bits per heavy atom. The monoisotopic (exact) mass is 425 g/mol. The quantitative estimate of drug-likeness (QED) is 0.631. The van der Waals surface area contributed by atoms with Crippen molar-refractivity contribution in [1.82, 2.24) is 9.97 Å². The second-order valence-electron chi connectivity index (χ2n) is 8.16. The maximum atomic E-state index is 12.0. The Morgan fingerprint density at radius 3 is 2.97 bits per heavy atom. The fourth-order valence-corrected chi connectivity index (χ4v) is 5.00. The number of hydrogen-bond acceptors (Lipinski definition) is 6. The molecule has 4 unspecified atom stereocenters. The van der Waals surface area contributed by atoms with Crippen LogP contribution in [0.4, 0.5) is 17.5 Å². The summed E-state index contributed by atoms with van der Waals surface area (Å²) in [4.78, 5) is 20.9. The average molecular weight is 426 g/mol. The van der Waals surface area contributed by atoms with Gasteiger partial charge in [-0.25, -0.2) is 4.98 Å². The SMILES string of the molecule is NC(=O)C1C2C=CC(C2)C1Nc1nc(Nc2cccc3c2OCCCC3)ncc1Cl. The van der Waals surface area contributed by atoms with Crippen molar-refractivity contribution in [2.75, 3.05) is 17.2 Å². The van der Waals surface area contributed by atoms with Crippen LogP contribution in [-0.4, -0.2) is 28.5 Å². The van der Waals surface area contributed by atoms with Gasteiger partial charge in [0.15, 0.2) is 5.82 Å². The molecule has 5 rings (SSSR count). The molecule has 0 spiro atoms. The molecule has 8 heteroatoms. The Kier molecular flexibility index (Phi) is 4.98. The van der Waals surface area contributed by atoms with Crippen LogP contribution in [0.5, 0.6) is 5.75 Å². The molecule has 1 fully saturated rings. The number of hydrogen-bond donors (Lipinski definition) is 3. The number of allylic oxidation sites excluding steroid dienone is 1. The summed E-state index contributed by atoms with van der Waals surface area (Å²) in [6, 6.07) is 5.94. The molecular formula is C22H24ClN5O2. The fourth-order valence-electron chi connectivity index (χ4n) is 4.86. The van der Waals surface area contributed by atoms with Gasteiger partial charge in [0.2, 0.25) is 11.9 Å². The van der Waals surface area contributed by atoms with Gasteiger partial charge in [0.05, 0.1) is 24.4 Å². The molecule has 30 heavy (non-hydrogen) atoms. The number of anilines is 3. The topological polar surface area (TPSA) is 102 Å². The number of amides is 1. The minimum Gasteiger partial charge on any atom is -0.491 e. The van der Waals surface area contributed by atoms with Crippen LogP contribution in [0.1, 0.15) is 24.8 Å². The summed E-state index contributed by atoms with van der Waals surface area (Å²) in [5.41, 5.74) is 7.69. The second kappa shape index (κ2) is 7.80. The average Bonchev–Trinajstić information content (AvgIpc) is 3.24. The van der Waals surface area contributed by atoms with E-state index in [0.717, 1.165) is 37.1 Å². The largest absolute Gasteiger partial charge is 0.491 e. The molecule has 2 bridgehead atoms. The Morgan fingerprint density at radius 1 is 1.23 bits per heavy atom. The highest BCUT2D eigenvalue weighted by molar-refractivity contribution is 6.32. The van der Waals surface area contributed by atoms with Gasteiger partial charge in [-0.1, -0.05) is 35.9 Å².